The van der Waals surface area contributed by atoms with Crippen molar-refractivity contribution in [1.29, 1.82) is 0 Å². The zero-order valence-electron chi connectivity index (χ0n) is 12.7. The summed E-state index contributed by atoms with van der Waals surface area (Å²) in [4.78, 5) is 2.61. The average Bonchev–Trinajstić information content (AvgIpc) is 2.46. The van der Waals surface area contributed by atoms with E-state index in [9.17, 15) is 0 Å². The van der Waals surface area contributed by atoms with Crippen LogP contribution < -0.4 is 5.32 Å². The Hall–Kier alpha value is -0.860. The maximum atomic E-state index is 3.52. The lowest BCUT2D eigenvalue weighted by molar-refractivity contribution is 0.166. The normalized spacial score (nSPS) is 20.2. The molecule has 1 heterocycles. The van der Waals surface area contributed by atoms with Gasteiger partial charge in [-0.05, 0) is 43.0 Å². The van der Waals surface area contributed by atoms with Crippen LogP contribution in [0, 0.1) is 0 Å². The van der Waals surface area contributed by atoms with E-state index in [4.69, 9.17) is 0 Å². The van der Waals surface area contributed by atoms with Gasteiger partial charge in [0.15, 0.2) is 0 Å². The number of nitrogens with one attached hydrogen (secondary N) is 1. The zero-order valence-corrected chi connectivity index (χ0v) is 12.7. The first-order valence-corrected chi connectivity index (χ1v) is 7.74. The molecule has 0 spiro atoms. The van der Waals surface area contributed by atoms with Crippen LogP contribution in [0.15, 0.2) is 24.3 Å². The smallest absolute Gasteiger partial charge is 0.0237 e. The molecular formula is C17H28N2. The van der Waals surface area contributed by atoms with Gasteiger partial charge >= 0.3 is 0 Å². The largest absolute Gasteiger partial charge is 0.315 e. The second kappa shape index (κ2) is 7.06. The van der Waals surface area contributed by atoms with Crippen molar-refractivity contribution < 1.29 is 0 Å². The van der Waals surface area contributed by atoms with Gasteiger partial charge in [0.2, 0.25) is 0 Å². The highest BCUT2D eigenvalue weighted by Gasteiger charge is 2.19. The maximum Gasteiger partial charge on any atom is 0.0237 e. The summed E-state index contributed by atoms with van der Waals surface area (Å²) in [6.45, 7) is 11.3. The molecule has 2 rings (SSSR count). The van der Waals surface area contributed by atoms with Gasteiger partial charge in [-0.3, -0.25) is 4.90 Å². The molecule has 1 fully saturated rings. The van der Waals surface area contributed by atoms with Crippen LogP contribution in [0.25, 0.3) is 0 Å². The number of likely N-dealkylation sites (N-methyl/N-ethyl adjacent to an activating group) is 1. The number of hydrogen-bond donors (Lipinski definition) is 1. The fraction of sp³-hybridized carbons (Fsp3) is 0.647. The summed E-state index contributed by atoms with van der Waals surface area (Å²) in [6, 6.07) is 9.88. The van der Waals surface area contributed by atoms with Gasteiger partial charge in [-0.15, -0.1) is 0 Å². The van der Waals surface area contributed by atoms with Gasteiger partial charge in [-0.2, -0.15) is 0 Å². The lowest BCUT2D eigenvalue weighted by atomic mass is 10.0. The van der Waals surface area contributed by atoms with Crippen molar-refractivity contribution in [3.63, 3.8) is 0 Å². The lowest BCUT2D eigenvalue weighted by Gasteiger charge is -2.34. The number of benzene rings is 1. The first-order chi connectivity index (χ1) is 9.20. The molecule has 2 heteroatoms. The first-order valence-electron chi connectivity index (χ1n) is 7.74. The van der Waals surface area contributed by atoms with Gasteiger partial charge in [-0.1, -0.05) is 45.0 Å². The third kappa shape index (κ3) is 4.05. The van der Waals surface area contributed by atoms with Gasteiger partial charge in [0.05, 0.1) is 0 Å². The van der Waals surface area contributed by atoms with Gasteiger partial charge < -0.3 is 5.32 Å². The SMILES string of the molecule is CCN(Cc1ccc(C(C)C)cc1)C1CCCNC1. The molecule has 0 saturated carbocycles. The van der Waals surface area contributed by atoms with Crippen LogP contribution in [0.4, 0.5) is 0 Å². The highest BCUT2D eigenvalue weighted by Crippen LogP contribution is 2.18. The third-order valence-corrected chi connectivity index (χ3v) is 4.23. The van der Waals surface area contributed by atoms with Crippen LogP contribution in [0.2, 0.25) is 0 Å². The molecule has 1 N–H and O–H groups in total. The van der Waals surface area contributed by atoms with Crippen molar-refractivity contribution in [2.75, 3.05) is 19.6 Å². The minimum Gasteiger partial charge on any atom is -0.315 e. The molecule has 2 nitrogen and oxygen atoms in total. The number of hydrogen-bond acceptors (Lipinski definition) is 2. The topological polar surface area (TPSA) is 15.3 Å². The Labute approximate surface area is 118 Å². The Kier molecular flexibility index (Phi) is 5.41. The molecule has 0 aliphatic carbocycles. The number of piperidine rings is 1. The second-order valence-electron chi connectivity index (χ2n) is 5.96. The Bertz CT molecular complexity index is 363. The molecule has 0 amide bonds. The van der Waals surface area contributed by atoms with Gasteiger partial charge in [-0.25, -0.2) is 0 Å². The first kappa shape index (κ1) is 14.5. The van der Waals surface area contributed by atoms with Crippen molar-refractivity contribution in [2.24, 2.45) is 0 Å². The van der Waals surface area contributed by atoms with Gasteiger partial charge in [0.1, 0.15) is 0 Å². The molecule has 1 aliphatic rings. The van der Waals surface area contributed by atoms with E-state index in [1.807, 2.05) is 0 Å². The zero-order chi connectivity index (χ0) is 13.7. The highest BCUT2D eigenvalue weighted by atomic mass is 15.2. The summed E-state index contributed by atoms with van der Waals surface area (Å²) in [7, 11) is 0. The third-order valence-electron chi connectivity index (χ3n) is 4.23. The number of rotatable bonds is 5. The molecule has 106 valence electrons. The van der Waals surface area contributed by atoms with E-state index in [-0.39, 0.29) is 0 Å². The van der Waals surface area contributed by atoms with Crippen molar-refractivity contribution >= 4 is 0 Å². The minimum atomic E-state index is 0.624. The van der Waals surface area contributed by atoms with Crippen LogP contribution in [0.3, 0.4) is 0 Å². The predicted molar refractivity (Wildman–Crippen MR) is 82.5 cm³/mol. The molecule has 0 bridgehead atoms. The molecule has 1 aromatic rings. The second-order valence-corrected chi connectivity index (χ2v) is 5.96. The molecule has 1 saturated heterocycles. The highest BCUT2D eigenvalue weighted by molar-refractivity contribution is 5.24. The standard InChI is InChI=1S/C17H28N2/c1-4-19(17-6-5-11-18-12-17)13-15-7-9-16(10-8-15)14(2)3/h7-10,14,17-18H,4-6,11-13H2,1-3H3. The van der Waals surface area contributed by atoms with E-state index in [0.717, 1.165) is 19.6 Å². The van der Waals surface area contributed by atoms with E-state index < -0.39 is 0 Å². The van der Waals surface area contributed by atoms with E-state index in [0.29, 0.717) is 12.0 Å². The lowest BCUT2D eigenvalue weighted by Crippen LogP contribution is -2.45. The minimum absolute atomic E-state index is 0.624. The fourth-order valence-electron chi connectivity index (χ4n) is 2.89. The Morgan fingerprint density at radius 2 is 2.00 bits per heavy atom. The molecular weight excluding hydrogens is 232 g/mol. The molecule has 1 aromatic carbocycles. The van der Waals surface area contributed by atoms with Crippen molar-refractivity contribution in [3.05, 3.63) is 35.4 Å². The quantitative estimate of drug-likeness (QED) is 0.873. The van der Waals surface area contributed by atoms with Crippen LogP contribution in [-0.4, -0.2) is 30.6 Å². The summed E-state index contributed by atoms with van der Waals surface area (Å²) < 4.78 is 0. The van der Waals surface area contributed by atoms with E-state index >= 15 is 0 Å². The van der Waals surface area contributed by atoms with Crippen LogP contribution in [-0.2, 0) is 6.54 Å². The summed E-state index contributed by atoms with van der Waals surface area (Å²) >= 11 is 0. The number of nitrogens with zero attached hydrogens (tertiary/aromatic N) is 1. The predicted octanol–water partition coefficient (Wildman–Crippen LogP) is 3.38. The van der Waals surface area contributed by atoms with E-state index in [2.05, 4.69) is 55.3 Å². The molecule has 1 atom stereocenters. The Morgan fingerprint density at radius 1 is 1.26 bits per heavy atom. The summed E-state index contributed by atoms with van der Waals surface area (Å²) in [6.07, 6.45) is 2.65. The molecule has 1 aliphatic heterocycles. The van der Waals surface area contributed by atoms with Crippen molar-refractivity contribution in [3.8, 4) is 0 Å². The maximum absolute atomic E-state index is 3.52. The average molecular weight is 260 g/mol. The summed E-state index contributed by atoms with van der Waals surface area (Å²) in [5, 5.41) is 3.52. The summed E-state index contributed by atoms with van der Waals surface area (Å²) in [5.74, 6) is 0.624. The molecule has 0 radical (unpaired) electrons. The van der Waals surface area contributed by atoms with E-state index in [1.54, 1.807) is 0 Å². The van der Waals surface area contributed by atoms with Crippen LogP contribution in [0.1, 0.15) is 50.7 Å². The molecule has 19 heavy (non-hydrogen) atoms. The molecule has 1 unspecified atom stereocenters. The van der Waals surface area contributed by atoms with Crippen LogP contribution >= 0.6 is 0 Å². The van der Waals surface area contributed by atoms with Gasteiger partial charge in [0.25, 0.3) is 0 Å². The van der Waals surface area contributed by atoms with E-state index in [1.165, 1.54) is 30.5 Å². The monoisotopic (exact) mass is 260 g/mol. The Balaban J connectivity index is 1.97. The summed E-state index contributed by atoms with van der Waals surface area (Å²) in [5.41, 5.74) is 2.88. The fourth-order valence-corrected chi connectivity index (χ4v) is 2.89. The van der Waals surface area contributed by atoms with Crippen molar-refractivity contribution in [2.45, 2.75) is 52.1 Å². The van der Waals surface area contributed by atoms with Gasteiger partial charge in [0, 0.05) is 19.1 Å². The van der Waals surface area contributed by atoms with Crippen LogP contribution in [0.5, 0.6) is 0 Å². The molecule has 0 aromatic heterocycles. The van der Waals surface area contributed by atoms with Crippen molar-refractivity contribution in [1.82, 2.24) is 10.2 Å². The Morgan fingerprint density at radius 3 is 2.53 bits per heavy atom.